The van der Waals surface area contributed by atoms with Crippen LogP contribution in [0.4, 0.5) is 0 Å². The second-order valence-corrected chi connectivity index (χ2v) is 4.06. The Morgan fingerprint density at radius 3 is 1.39 bits per heavy atom. The molecule has 6 heteroatoms. The van der Waals surface area contributed by atoms with Crippen molar-refractivity contribution < 1.29 is 0 Å². The first-order valence-corrected chi connectivity index (χ1v) is 5.56. The predicted octanol–water partition coefficient (Wildman–Crippen LogP) is 1.28. The van der Waals surface area contributed by atoms with Gasteiger partial charge in [-0.1, -0.05) is 0 Å². The summed E-state index contributed by atoms with van der Waals surface area (Å²) < 4.78 is 3.86. The number of nitrogens with zero attached hydrogens (tertiary/aromatic N) is 6. The van der Waals surface area contributed by atoms with Crippen LogP contribution >= 0.6 is 0 Å². The maximum atomic E-state index is 4.12. The quantitative estimate of drug-likeness (QED) is 0.677. The average molecular weight is 240 g/mol. The summed E-state index contributed by atoms with van der Waals surface area (Å²) in [4.78, 5) is 0. The fourth-order valence-electron chi connectivity index (χ4n) is 1.82. The lowest BCUT2D eigenvalue weighted by atomic mass is 10.4. The van der Waals surface area contributed by atoms with Gasteiger partial charge in [0.2, 0.25) is 11.6 Å². The number of hydrogen-bond acceptors (Lipinski definition) is 4. The lowest BCUT2D eigenvalue weighted by Crippen LogP contribution is -2.03. The SMILES string of the molecule is Cn1cccc1-c1nnc(-c2cccn2C)nn1. The molecule has 0 bridgehead atoms. The highest BCUT2D eigenvalue weighted by molar-refractivity contribution is 5.52. The fraction of sp³-hybridized carbons (Fsp3) is 0.167. The molecule has 0 amide bonds. The Morgan fingerprint density at radius 1 is 0.722 bits per heavy atom. The van der Waals surface area contributed by atoms with Crippen LogP contribution in [0.3, 0.4) is 0 Å². The molecule has 0 saturated heterocycles. The summed E-state index contributed by atoms with van der Waals surface area (Å²) in [7, 11) is 3.87. The Hall–Kier alpha value is -2.50. The third-order valence-electron chi connectivity index (χ3n) is 2.82. The van der Waals surface area contributed by atoms with Crippen LogP contribution in [0.1, 0.15) is 0 Å². The highest BCUT2D eigenvalue weighted by Crippen LogP contribution is 2.15. The Morgan fingerprint density at radius 2 is 1.11 bits per heavy atom. The van der Waals surface area contributed by atoms with Crippen LogP contribution in [-0.2, 0) is 14.1 Å². The van der Waals surface area contributed by atoms with Gasteiger partial charge in [-0.05, 0) is 24.3 Å². The third kappa shape index (κ3) is 1.67. The maximum Gasteiger partial charge on any atom is 0.219 e. The van der Waals surface area contributed by atoms with Gasteiger partial charge in [-0.15, -0.1) is 20.4 Å². The van der Waals surface area contributed by atoms with E-state index >= 15 is 0 Å². The summed E-state index contributed by atoms with van der Waals surface area (Å²) in [5.41, 5.74) is 1.79. The molecule has 3 aromatic rings. The molecular weight excluding hydrogens is 228 g/mol. The van der Waals surface area contributed by atoms with E-state index in [1.807, 2.05) is 59.9 Å². The smallest absolute Gasteiger partial charge is 0.219 e. The van der Waals surface area contributed by atoms with Gasteiger partial charge >= 0.3 is 0 Å². The second-order valence-electron chi connectivity index (χ2n) is 4.06. The molecule has 0 fully saturated rings. The zero-order chi connectivity index (χ0) is 12.5. The Bertz CT molecular complexity index is 605. The summed E-state index contributed by atoms with van der Waals surface area (Å²) in [6, 6.07) is 7.73. The van der Waals surface area contributed by atoms with Crippen molar-refractivity contribution in [3.8, 4) is 23.0 Å². The molecule has 0 aliphatic heterocycles. The molecule has 90 valence electrons. The van der Waals surface area contributed by atoms with E-state index in [1.165, 1.54) is 0 Å². The van der Waals surface area contributed by atoms with Crippen LogP contribution in [-0.4, -0.2) is 29.5 Å². The topological polar surface area (TPSA) is 61.4 Å². The summed E-state index contributed by atoms with van der Waals surface area (Å²) in [5, 5.41) is 16.5. The zero-order valence-electron chi connectivity index (χ0n) is 10.1. The van der Waals surface area contributed by atoms with Gasteiger partial charge in [0.05, 0.1) is 11.4 Å². The standard InChI is InChI=1S/C12H12N6/c1-17-7-3-5-9(17)11-13-15-12(16-14-11)10-6-4-8-18(10)2/h3-8H,1-2H3. The molecule has 3 heterocycles. The third-order valence-corrected chi connectivity index (χ3v) is 2.82. The van der Waals surface area contributed by atoms with Crippen molar-refractivity contribution in [2.24, 2.45) is 14.1 Å². The first-order valence-electron chi connectivity index (χ1n) is 5.56. The maximum absolute atomic E-state index is 4.12. The van der Waals surface area contributed by atoms with Gasteiger partial charge in [0, 0.05) is 26.5 Å². The highest BCUT2D eigenvalue weighted by atomic mass is 15.3. The lowest BCUT2D eigenvalue weighted by molar-refractivity contribution is 0.825. The van der Waals surface area contributed by atoms with E-state index in [0.717, 1.165) is 11.4 Å². The highest BCUT2D eigenvalue weighted by Gasteiger charge is 2.09. The van der Waals surface area contributed by atoms with Crippen molar-refractivity contribution in [2.45, 2.75) is 0 Å². The molecular formula is C12H12N6. The van der Waals surface area contributed by atoms with E-state index in [9.17, 15) is 0 Å². The van der Waals surface area contributed by atoms with Gasteiger partial charge in [-0.25, -0.2) is 0 Å². The summed E-state index contributed by atoms with van der Waals surface area (Å²) in [6.07, 6.45) is 3.87. The van der Waals surface area contributed by atoms with Gasteiger partial charge < -0.3 is 9.13 Å². The second kappa shape index (κ2) is 4.06. The van der Waals surface area contributed by atoms with Gasteiger partial charge in [-0.3, -0.25) is 0 Å². The molecule has 0 N–H and O–H groups in total. The molecule has 3 aromatic heterocycles. The van der Waals surface area contributed by atoms with Crippen molar-refractivity contribution in [2.75, 3.05) is 0 Å². The van der Waals surface area contributed by atoms with Crippen LogP contribution in [0.5, 0.6) is 0 Å². The summed E-state index contributed by atoms with van der Waals surface area (Å²) in [5.74, 6) is 1.06. The predicted molar refractivity (Wildman–Crippen MR) is 66.4 cm³/mol. The molecule has 0 aliphatic rings. The van der Waals surface area contributed by atoms with Crippen LogP contribution in [0.2, 0.25) is 0 Å². The van der Waals surface area contributed by atoms with Gasteiger partial charge in [-0.2, -0.15) is 0 Å². The first-order chi connectivity index (χ1) is 8.75. The molecule has 6 nitrogen and oxygen atoms in total. The number of aromatic nitrogens is 6. The van der Waals surface area contributed by atoms with Crippen molar-refractivity contribution in [3.05, 3.63) is 36.7 Å². The van der Waals surface area contributed by atoms with Crippen molar-refractivity contribution in [1.29, 1.82) is 0 Å². The van der Waals surface area contributed by atoms with Crippen LogP contribution in [0.25, 0.3) is 23.0 Å². The molecule has 0 radical (unpaired) electrons. The molecule has 0 unspecified atom stereocenters. The Kier molecular flexibility index (Phi) is 2.40. The van der Waals surface area contributed by atoms with E-state index in [2.05, 4.69) is 20.4 Å². The Balaban J connectivity index is 2.00. The molecule has 0 atom stereocenters. The first kappa shape index (κ1) is 10.6. The molecule has 0 aromatic carbocycles. The number of aryl methyl sites for hydroxylation is 2. The number of rotatable bonds is 2. The Labute approximate surface area is 104 Å². The molecule has 0 spiro atoms. The van der Waals surface area contributed by atoms with Crippen molar-refractivity contribution >= 4 is 0 Å². The minimum Gasteiger partial charge on any atom is -0.348 e. The van der Waals surface area contributed by atoms with E-state index < -0.39 is 0 Å². The summed E-state index contributed by atoms with van der Waals surface area (Å²) in [6.45, 7) is 0. The van der Waals surface area contributed by atoms with Gasteiger partial charge in [0.15, 0.2) is 0 Å². The van der Waals surface area contributed by atoms with E-state index in [-0.39, 0.29) is 0 Å². The van der Waals surface area contributed by atoms with Crippen LogP contribution < -0.4 is 0 Å². The van der Waals surface area contributed by atoms with Crippen LogP contribution in [0, 0.1) is 0 Å². The molecule has 0 aliphatic carbocycles. The normalized spacial score (nSPS) is 10.8. The largest absolute Gasteiger partial charge is 0.348 e. The van der Waals surface area contributed by atoms with Crippen molar-refractivity contribution in [3.63, 3.8) is 0 Å². The van der Waals surface area contributed by atoms with Gasteiger partial charge in [0.25, 0.3) is 0 Å². The molecule has 0 saturated carbocycles. The minimum atomic E-state index is 0.528. The molecule has 18 heavy (non-hydrogen) atoms. The van der Waals surface area contributed by atoms with Crippen molar-refractivity contribution in [1.82, 2.24) is 29.5 Å². The summed E-state index contributed by atoms with van der Waals surface area (Å²) >= 11 is 0. The number of hydrogen-bond donors (Lipinski definition) is 0. The van der Waals surface area contributed by atoms with Crippen LogP contribution in [0.15, 0.2) is 36.7 Å². The van der Waals surface area contributed by atoms with E-state index in [1.54, 1.807) is 0 Å². The van der Waals surface area contributed by atoms with E-state index in [0.29, 0.717) is 11.6 Å². The van der Waals surface area contributed by atoms with E-state index in [4.69, 9.17) is 0 Å². The lowest BCUT2D eigenvalue weighted by Gasteiger charge is -2.02. The van der Waals surface area contributed by atoms with Gasteiger partial charge in [0.1, 0.15) is 0 Å². The zero-order valence-corrected chi connectivity index (χ0v) is 10.1. The minimum absolute atomic E-state index is 0.528. The fourth-order valence-corrected chi connectivity index (χ4v) is 1.82. The monoisotopic (exact) mass is 240 g/mol. The molecule has 3 rings (SSSR count). The average Bonchev–Trinajstić information content (AvgIpc) is 2.98.